The summed E-state index contributed by atoms with van der Waals surface area (Å²) in [6.45, 7) is 2.03. The molecule has 0 aromatic carbocycles. The fraction of sp³-hybridized carbons (Fsp3) is 0.714. The van der Waals surface area contributed by atoms with Gasteiger partial charge in [0.05, 0.1) is 6.61 Å². The van der Waals surface area contributed by atoms with Crippen molar-refractivity contribution in [2.24, 2.45) is 11.7 Å². The lowest BCUT2D eigenvalue weighted by Gasteiger charge is -2.19. The first-order valence-corrected chi connectivity index (χ1v) is 3.68. The van der Waals surface area contributed by atoms with Crippen molar-refractivity contribution in [2.45, 2.75) is 6.42 Å². The van der Waals surface area contributed by atoms with Crippen LogP contribution in [0.15, 0.2) is 0 Å². The monoisotopic (exact) mass is 156 g/mol. The van der Waals surface area contributed by atoms with Gasteiger partial charge in [-0.25, -0.2) is 10.1 Å². The minimum atomic E-state index is -0.705. The molecule has 0 spiro atoms. The molecular weight excluding hydrogens is 144 g/mol. The lowest BCUT2D eigenvalue weighted by molar-refractivity contribution is 0.138. The molecule has 0 aromatic rings. The Morgan fingerprint density at radius 2 is 2.64 bits per heavy atom. The summed E-state index contributed by atoms with van der Waals surface area (Å²) in [5, 5.41) is 4.17. The summed E-state index contributed by atoms with van der Waals surface area (Å²) in [7, 11) is 0. The van der Waals surface area contributed by atoms with E-state index in [0.717, 1.165) is 19.5 Å². The standard InChI is InChI=1S/C7H12N2O2/c8-7(10)11-5-6-2-1-3-9-4-6/h2,6H,1,3-5H2,(H2,8,10). The number of carbonyl (C=O) groups is 1. The number of rotatable bonds is 2. The highest BCUT2D eigenvalue weighted by atomic mass is 16.5. The average molecular weight is 156 g/mol. The van der Waals surface area contributed by atoms with E-state index in [1.807, 2.05) is 0 Å². The predicted octanol–water partition coefficient (Wildman–Crippen LogP) is -0.0897. The zero-order valence-corrected chi connectivity index (χ0v) is 6.32. The summed E-state index contributed by atoms with van der Waals surface area (Å²) in [6.07, 6.45) is 2.40. The van der Waals surface area contributed by atoms with E-state index in [1.165, 1.54) is 0 Å². The van der Waals surface area contributed by atoms with Gasteiger partial charge in [-0.05, 0) is 12.8 Å². The zero-order chi connectivity index (χ0) is 8.10. The lowest BCUT2D eigenvalue weighted by Crippen LogP contribution is -2.29. The second-order valence-corrected chi connectivity index (χ2v) is 2.54. The summed E-state index contributed by atoms with van der Waals surface area (Å²) in [5.74, 6) is 0.274. The number of piperidine rings is 1. The van der Waals surface area contributed by atoms with Crippen molar-refractivity contribution in [3.05, 3.63) is 6.42 Å². The highest BCUT2D eigenvalue weighted by Gasteiger charge is 2.14. The molecule has 62 valence electrons. The van der Waals surface area contributed by atoms with Crippen molar-refractivity contribution in [1.82, 2.24) is 5.32 Å². The molecule has 1 heterocycles. The van der Waals surface area contributed by atoms with Gasteiger partial charge in [-0.15, -0.1) is 0 Å². The van der Waals surface area contributed by atoms with Crippen LogP contribution in [0.3, 0.4) is 0 Å². The van der Waals surface area contributed by atoms with Gasteiger partial charge in [0.2, 0.25) is 0 Å². The van der Waals surface area contributed by atoms with E-state index < -0.39 is 6.09 Å². The van der Waals surface area contributed by atoms with Gasteiger partial charge >= 0.3 is 6.09 Å². The van der Waals surface area contributed by atoms with Crippen LogP contribution < -0.4 is 11.1 Å². The van der Waals surface area contributed by atoms with Crippen molar-refractivity contribution >= 4 is 6.09 Å². The predicted molar refractivity (Wildman–Crippen MR) is 39.8 cm³/mol. The number of nitrogens with zero attached hydrogens (tertiary/aromatic N) is 1. The van der Waals surface area contributed by atoms with Gasteiger partial charge in [-0.3, -0.25) is 0 Å². The van der Waals surface area contributed by atoms with Crippen LogP contribution in [-0.4, -0.2) is 25.8 Å². The van der Waals surface area contributed by atoms with Crippen LogP contribution in [0.2, 0.25) is 0 Å². The lowest BCUT2D eigenvalue weighted by atomic mass is 10.0. The maximum absolute atomic E-state index is 10.2. The number of carbonyl (C=O) groups excluding carboxylic acids is 1. The molecule has 1 amide bonds. The molecule has 1 unspecified atom stereocenters. The molecule has 1 atom stereocenters. The largest absolute Gasteiger partial charge is 0.449 e. The third-order valence-corrected chi connectivity index (χ3v) is 1.59. The molecule has 1 rings (SSSR count). The number of ether oxygens (including phenoxy) is 1. The quantitative estimate of drug-likeness (QED) is 0.607. The molecule has 1 aliphatic heterocycles. The Hall–Kier alpha value is -0.770. The van der Waals surface area contributed by atoms with Crippen LogP contribution in [0, 0.1) is 12.3 Å². The van der Waals surface area contributed by atoms with Gasteiger partial charge in [0.25, 0.3) is 0 Å². The third-order valence-electron chi connectivity index (χ3n) is 1.59. The first kappa shape index (κ1) is 8.33. The Bertz CT molecular complexity index is 132. The van der Waals surface area contributed by atoms with Gasteiger partial charge in [0, 0.05) is 19.0 Å². The Morgan fingerprint density at radius 1 is 1.82 bits per heavy atom. The van der Waals surface area contributed by atoms with Crippen molar-refractivity contribution in [3.8, 4) is 0 Å². The summed E-state index contributed by atoms with van der Waals surface area (Å²) in [5.41, 5.74) is 4.80. The first-order valence-electron chi connectivity index (χ1n) is 3.68. The maximum atomic E-state index is 10.2. The first-order chi connectivity index (χ1) is 5.29. The number of amides is 1. The fourth-order valence-corrected chi connectivity index (χ4v) is 1.04. The molecule has 0 aliphatic carbocycles. The molecule has 2 N–H and O–H groups in total. The van der Waals surface area contributed by atoms with E-state index in [1.54, 1.807) is 0 Å². The van der Waals surface area contributed by atoms with Gasteiger partial charge in [0.15, 0.2) is 0 Å². The topological polar surface area (TPSA) is 66.4 Å². The van der Waals surface area contributed by atoms with Crippen LogP contribution in [-0.2, 0) is 4.74 Å². The van der Waals surface area contributed by atoms with E-state index >= 15 is 0 Å². The molecule has 0 bridgehead atoms. The van der Waals surface area contributed by atoms with Gasteiger partial charge in [-0.2, -0.15) is 0 Å². The molecule has 11 heavy (non-hydrogen) atoms. The Morgan fingerprint density at radius 3 is 3.18 bits per heavy atom. The maximum Gasteiger partial charge on any atom is 0.404 e. The minimum absolute atomic E-state index is 0.274. The normalized spacial score (nSPS) is 24.5. The second-order valence-electron chi connectivity index (χ2n) is 2.54. The molecule has 1 aliphatic rings. The molecule has 4 nitrogen and oxygen atoms in total. The van der Waals surface area contributed by atoms with Gasteiger partial charge in [0.1, 0.15) is 0 Å². The molecule has 1 saturated heterocycles. The summed E-state index contributed by atoms with van der Waals surface area (Å²) >= 11 is 0. The van der Waals surface area contributed by atoms with Crippen LogP contribution >= 0.6 is 0 Å². The third kappa shape index (κ3) is 3.23. The van der Waals surface area contributed by atoms with E-state index in [-0.39, 0.29) is 5.92 Å². The van der Waals surface area contributed by atoms with Crippen molar-refractivity contribution in [2.75, 3.05) is 19.7 Å². The molecule has 2 radical (unpaired) electrons. The van der Waals surface area contributed by atoms with Crippen LogP contribution in [0.1, 0.15) is 6.42 Å². The van der Waals surface area contributed by atoms with Crippen molar-refractivity contribution < 1.29 is 9.53 Å². The number of hydrogen-bond acceptors (Lipinski definition) is 2. The fourth-order valence-electron chi connectivity index (χ4n) is 1.04. The SMILES string of the molecule is NC(=O)OCC1[CH]CC[N]C1. The summed E-state index contributed by atoms with van der Waals surface area (Å²) in [4.78, 5) is 10.2. The molecule has 4 heteroatoms. The van der Waals surface area contributed by atoms with Crippen LogP contribution in [0.4, 0.5) is 4.79 Å². The second kappa shape index (κ2) is 4.18. The molecule has 1 fully saturated rings. The van der Waals surface area contributed by atoms with E-state index in [9.17, 15) is 4.79 Å². The zero-order valence-electron chi connectivity index (χ0n) is 6.32. The molecular formula is C7H12N2O2. The summed E-state index contributed by atoms with van der Waals surface area (Å²) in [6, 6.07) is 0. The van der Waals surface area contributed by atoms with E-state index in [0.29, 0.717) is 6.61 Å². The van der Waals surface area contributed by atoms with Crippen LogP contribution in [0.25, 0.3) is 0 Å². The van der Waals surface area contributed by atoms with E-state index in [2.05, 4.69) is 16.5 Å². The van der Waals surface area contributed by atoms with Crippen molar-refractivity contribution in [3.63, 3.8) is 0 Å². The Labute approximate surface area is 66.1 Å². The van der Waals surface area contributed by atoms with E-state index in [4.69, 9.17) is 5.73 Å². The number of nitrogens with two attached hydrogens (primary N) is 1. The number of primary amides is 1. The summed E-state index contributed by atoms with van der Waals surface area (Å²) < 4.78 is 4.63. The van der Waals surface area contributed by atoms with Gasteiger partial charge < -0.3 is 10.5 Å². The highest BCUT2D eigenvalue weighted by molar-refractivity contribution is 5.64. The average Bonchev–Trinajstić information content (AvgIpc) is 2.03. The Balaban J connectivity index is 2.09. The number of hydrogen-bond donors (Lipinski definition) is 1. The van der Waals surface area contributed by atoms with Crippen LogP contribution in [0.5, 0.6) is 0 Å². The Kier molecular flexibility index (Phi) is 3.16. The van der Waals surface area contributed by atoms with Crippen molar-refractivity contribution in [1.29, 1.82) is 0 Å². The molecule has 0 aromatic heterocycles. The van der Waals surface area contributed by atoms with Gasteiger partial charge in [-0.1, -0.05) is 0 Å². The molecule has 0 saturated carbocycles. The highest BCUT2D eigenvalue weighted by Crippen LogP contribution is 2.09. The minimum Gasteiger partial charge on any atom is -0.449 e. The smallest absolute Gasteiger partial charge is 0.404 e.